The average molecular weight is 504 g/mol. The largest absolute Gasteiger partial charge is 0.416 e. The molecule has 3 heterocycles. The van der Waals surface area contributed by atoms with E-state index in [2.05, 4.69) is 32.0 Å². The lowest BCUT2D eigenvalue weighted by molar-refractivity contribution is -0.137. The number of carbonyl (C=O) groups excluding carboxylic acids is 1. The van der Waals surface area contributed by atoms with Gasteiger partial charge in [-0.15, -0.1) is 0 Å². The molecule has 7 nitrogen and oxygen atoms in total. The van der Waals surface area contributed by atoms with Crippen LogP contribution in [0.25, 0.3) is 0 Å². The average Bonchev–Trinajstić information content (AvgIpc) is 3.54. The Balaban J connectivity index is 1.43. The van der Waals surface area contributed by atoms with Gasteiger partial charge in [0.15, 0.2) is 0 Å². The minimum Gasteiger partial charge on any atom is -0.375 e. The summed E-state index contributed by atoms with van der Waals surface area (Å²) in [5.41, 5.74) is 0.919. The lowest BCUT2D eigenvalue weighted by Crippen LogP contribution is -2.63. The van der Waals surface area contributed by atoms with E-state index >= 15 is 0 Å². The highest BCUT2D eigenvalue weighted by Crippen LogP contribution is 2.45. The zero-order valence-corrected chi connectivity index (χ0v) is 20.6. The standard InChI is InChI=1S/C26H32F3N5O2/c1-17-14-20(36-2)23-22(17)24(32-16-31-23)33-10-12-34(13-11-33)25(15-35,21-4-3-9-30-21)18-5-7-19(8-6-18)26(27,28)29/h5-8,15-17,20-21,30H,3-4,9-14H2,1-2H3/t17-,20-,21+,25+/m1/s1. The van der Waals surface area contributed by atoms with E-state index in [9.17, 15) is 18.0 Å². The van der Waals surface area contributed by atoms with Gasteiger partial charge in [-0.1, -0.05) is 19.1 Å². The quantitative estimate of drug-likeness (QED) is 0.604. The predicted octanol–water partition coefficient (Wildman–Crippen LogP) is 3.66. The molecule has 5 rings (SSSR count). The number of carbonyl (C=O) groups is 1. The molecule has 1 aliphatic carbocycles. The van der Waals surface area contributed by atoms with Gasteiger partial charge in [-0.25, -0.2) is 9.97 Å². The van der Waals surface area contributed by atoms with Crippen molar-refractivity contribution >= 4 is 12.1 Å². The van der Waals surface area contributed by atoms with Gasteiger partial charge in [-0.05, 0) is 49.4 Å². The van der Waals surface area contributed by atoms with Gasteiger partial charge < -0.3 is 19.7 Å². The Hall–Kier alpha value is -2.56. The minimum absolute atomic E-state index is 0.0335. The predicted molar refractivity (Wildman–Crippen MR) is 129 cm³/mol. The first-order valence-electron chi connectivity index (χ1n) is 12.5. The van der Waals surface area contributed by atoms with Gasteiger partial charge in [0.25, 0.3) is 0 Å². The first-order chi connectivity index (χ1) is 17.3. The van der Waals surface area contributed by atoms with Crippen LogP contribution < -0.4 is 10.2 Å². The van der Waals surface area contributed by atoms with Crippen molar-refractivity contribution in [2.75, 3.05) is 44.7 Å². The third-order valence-electron chi connectivity index (χ3n) is 8.09. The minimum atomic E-state index is -4.42. The zero-order chi connectivity index (χ0) is 25.5. The summed E-state index contributed by atoms with van der Waals surface area (Å²) in [5, 5.41) is 3.44. The Morgan fingerprint density at radius 2 is 1.78 bits per heavy atom. The van der Waals surface area contributed by atoms with E-state index in [0.29, 0.717) is 31.7 Å². The van der Waals surface area contributed by atoms with E-state index in [1.807, 2.05) is 0 Å². The van der Waals surface area contributed by atoms with E-state index in [1.54, 1.807) is 13.4 Å². The number of hydrogen-bond acceptors (Lipinski definition) is 7. The maximum Gasteiger partial charge on any atom is 0.416 e. The van der Waals surface area contributed by atoms with Crippen LogP contribution in [0.1, 0.15) is 60.6 Å². The van der Waals surface area contributed by atoms with Crippen LogP contribution in [0.3, 0.4) is 0 Å². The Bertz CT molecular complexity index is 1080. The number of ether oxygens (including phenoxy) is 1. The van der Waals surface area contributed by atoms with Crippen molar-refractivity contribution in [1.82, 2.24) is 20.2 Å². The molecule has 1 aromatic heterocycles. The van der Waals surface area contributed by atoms with Crippen molar-refractivity contribution in [3.8, 4) is 0 Å². The van der Waals surface area contributed by atoms with E-state index in [4.69, 9.17) is 4.74 Å². The van der Waals surface area contributed by atoms with Crippen LogP contribution in [-0.4, -0.2) is 67.0 Å². The number of rotatable bonds is 6. The monoisotopic (exact) mass is 503 g/mol. The Morgan fingerprint density at radius 3 is 2.36 bits per heavy atom. The maximum absolute atomic E-state index is 13.2. The smallest absolute Gasteiger partial charge is 0.375 e. The number of piperazine rings is 1. The summed E-state index contributed by atoms with van der Waals surface area (Å²) in [4.78, 5) is 26.3. The second-order valence-corrected chi connectivity index (χ2v) is 10.00. The fraction of sp³-hybridized carbons (Fsp3) is 0.577. The van der Waals surface area contributed by atoms with Gasteiger partial charge in [0, 0.05) is 44.9 Å². The number of halogens is 3. The van der Waals surface area contributed by atoms with Crippen molar-refractivity contribution in [2.24, 2.45) is 0 Å². The zero-order valence-electron chi connectivity index (χ0n) is 20.6. The van der Waals surface area contributed by atoms with Crippen molar-refractivity contribution in [1.29, 1.82) is 0 Å². The molecule has 10 heteroatoms. The van der Waals surface area contributed by atoms with Crippen LogP contribution in [0.4, 0.5) is 19.0 Å². The number of fused-ring (bicyclic) bond motifs is 1. The van der Waals surface area contributed by atoms with E-state index in [-0.39, 0.29) is 18.1 Å². The van der Waals surface area contributed by atoms with Crippen molar-refractivity contribution in [2.45, 2.75) is 56.0 Å². The van der Waals surface area contributed by atoms with Gasteiger partial charge in [0.2, 0.25) is 0 Å². The number of alkyl halides is 3. The van der Waals surface area contributed by atoms with E-state index in [1.165, 1.54) is 12.1 Å². The van der Waals surface area contributed by atoms with Gasteiger partial charge in [0.1, 0.15) is 30.1 Å². The molecule has 0 radical (unpaired) electrons. The third kappa shape index (κ3) is 4.18. The second kappa shape index (κ2) is 9.72. The number of hydrogen-bond donors (Lipinski definition) is 1. The highest BCUT2D eigenvalue weighted by atomic mass is 19.4. The molecule has 36 heavy (non-hydrogen) atoms. The number of aldehydes is 1. The van der Waals surface area contributed by atoms with Gasteiger partial charge in [-0.3, -0.25) is 4.90 Å². The Morgan fingerprint density at radius 1 is 1.08 bits per heavy atom. The molecular weight excluding hydrogens is 471 g/mol. The Labute approximate surface area is 209 Å². The molecule has 2 aliphatic heterocycles. The molecule has 2 aromatic rings. The topological polar surface area (TPSA) is 70.6 Å². The van der Waals surface area contributed by atoms with Crippen LogP contribution in [0, 0.1) is 0 Å². The molecule has 2 fully saturated rings. The van der Waals surface area contributed by atoms with Gasteiger partial charge in [0.05, 0.1) is 11.3 Å². The fourth-order valence-electron chi connectivity index (χ4n) is 6.24. The summed E-state index contributed by atoms with van der Waals surface area (Å²) in [6, 6.07) is 4.93. The van der Waals surface area contributed by atoms with Crippen molar-refractivity contribution in [3.63, 3.8) is 0 Å². The van der Waals surface area contributed by atoms with Gasteiger partial charge in [-0.2, -0.15) is 13.2 Å². The summed E-state index contributed by atoms with van der Waals surface area (Å²) in [7, 11) is 1.70. The van der Waals surface area contributed by atoms with Crippen molar-refractivity contribution in [3.05, 3.63) is 53.0 Å². The molecule has 4 atom stereocenters. The SMILES string of the molecule is CO[C@@H]1C[C@@H](C)c2c1ncnc2N1CCN([C@@](C=O)(c2ccc(C(F)(F)F)cc2)[C@@H]2CCCN2)CC1. The summed E-state index contributed by atoms with van der Waals surface area (Å²) in [6.07, 6.45) is 0.645. The summed E-state index contributed by atoms with van der Waals surface area (Å²) < 4.78 is 45.3. The van der Waals surface area contributed by atoms with Crippen molar-refractivity contribution < 1.29 is 22.7 Å². The molecule has 0 bridgehead atoms. The second-order valence-electron chi connectivity index (χ2n) is 10.00. The highest BCUT2D eigenvalue weighted by molar-refractivity contribution is 5.70. The third-order valence-corrected chi connectivity index (χ3v) is 8.09. The molecule has 0 amide bonds. The number of aromatic nitrogens is 2. The van der Waals surface area contributed by atoms with E-state index < -0.39 is 17.3 Å². The molecule has 0 spiro atoms. The van der Waals surface area contributed by atoms with Crippen LogP contribution in [0.15, 0.2) is 30.6 Å². The van der Waals surface area contributed by atoms with Gasteiger partial charge >= 0.3 is 6.18 Å². The number of nitrogens with zero attached hydrogens (tertiary/aromatic N) is 4. The molecule has 1 aromatic carbocycles. The number of benzene rings is 1. The number of nitrogens with one attached hydrogen (secondary N) is 1. The summed E-state index contributed by atoms with van der Waals surface area (Å²) in [6.45, 7) is 5.41. The lowest BCUT2D eigenvalue weighted by Gasteiger charge is -2.48. The normalized spacial score (nSPS) is 26.6. The fourth-order valence-corrected chi connectivity index (χ4v) is 6.24. The lowest BCUT2D eigenvalue weighted by atomic mass is 9.80. The molecule has 3 aliphatic rings. The summed E-state index contributed by atoms with van der Waals surface area (Å²) >= 11 is 0. The molecule has 2 saturated heterocycles. The van der Waals surface area contributed by atoms with Crippen LogP contribution in [-0.2, 0) is 21.2 Å². The molecule has 0 unspecified atom stereocenters. The van der Waals surface area contributed by atoms with Crippen LogP contribution in [0.2, 0.25) is 0 Å². The maximum atomic E-state index is 13.2. The number of anilines is 1. The Kier molecular flexibility index (Phi) is 6.78. The first-order valence-corrected chi connectivity index (χ1v) is 12.5. The molecular formula is C26H32F3N5O2. The van der Waals surface area contributed by atoms with Crippen LogP contribution in [0.5, 0.6) is 0 Å². The van der Waals surface area contributed by atoms with E-state index in [0.717, 1.165) is 61.3 Å². The molecule has 194 valence electrons. The molecule has 0 saturated carbocycles. The molecule has 1 N–H and O–H groups in total. The highest BCUT2D eigenvalue weighted by Gasteiger charge is 2.48. The first kappa shape index (κ1) is 25.1. The van der Waals surface area contributed by atoms with Crippen LogP contribution >= 0.6 is 0 Å². The summed E-state index contributed by atoms with van der Waals surface area (Å²) in [5.74, 6) is 1.19. The number of methoxy groups -OCH3 is 1.